The first-order valence-electron chi connectivity index (χ1n) is 7.83. The summed E-state index contributed by atoms with van der Waals surface area (Å²) in [5, 5.41) is 6.02. The lowest BCUT2D eigenvalue weighted by Crippen LogP contribution is -2.28. The second kappa shape index (κ2) is 6.39. The number of piperidine rings is 1. The predicted octanol–water partition coefficient (Wildman–Crippen LogP) is 2.94. The maximum atomic E-state index is 12.5. The van der Waals surface area contributed by atoms with Gasteiger partial charge in [0, 0.05) is 11.6 Å². The summed E-state index contributed by atoms with van der Waals surface area (Å²) >= 11 is 0. The van der Waals surface area contributed by atoms with Crippen LogP contribution < -0.4 is 15.4 Å². The molecule has 7 heteroatoms. The fraction of sp³-hybridized carbons (Fsp3) is 0.562. The van der Waals surface area contributed by atoms with Crippen LogP contribution in [0.1, 0.15) is 47.5 Å². The van der Waals surface area contributed by atoms with Gasteiger partial charge in [-0.1, -0.05) is 0 Å². The first kappa shape index (κ1) is 16.1. The van der Waals surface area contributed by atoms with Gasteiger partial charge in [0.05, 0.1) is 0 Å². The summed E-state index contributed by atoms with van der Waals surface area (Å²) in [6, 6.07) is 4.40. The van der Waals surface area contributed by atoms with E-state index in [1.807, 2.05) is 0 Å². The van der Waals surface area contributed by atoms with E-state index < -0.39 is 6.36 Å². The Kier molecular flexibility index (Phi) is 4.48. The van der Waals surface area contributed by atoms with Gasteiger partial charge >= 0.3 is 6.36 Å². The summed E-state index contributed by atoms with van der Waals surface area (Å²) in [4.78, 5) is 12.2. The van der Waals surface area contributed by atoms with Crippen molar-refractivity contribution in [3.05, 3.63) is 29.3 Å². The molecule has 2 aliphatic rings. The standard InChI is InChI=1S/C16H19F3N2O2/c17-16(18,19)23-14-8-11(10-3-5-20-6-4-10)7-12(9-14)15(22)21-13-1-2-13/h7-10,13,20H,1-6H2,(H,21,22). The van der Waals surface area contributed by atoms with Gasteiger partial charge in [0.1, 0.15) is 5.75 Å². The Balaban J connectivity index is 1.86. The number of rotatable bonds is 4. The number of nitrogens with one attached hydrogen (secondary N) is 2. The van der Waals surface area contributed by atoms with Gasteiger partial charge in [-0.05, 0) is 68.5 Å². The molecule has 1 aromatic carbocycles. The minimum absolute atomic E-state index is 0.139. The average Bonchev–Trinajstić information content (AvgIpc) is 3.30. The van der Waals surface area contributed by atoms with Gasteiger partial charge in [0.2, 0.25) is 0 Å². The van der Waals surface area contributed by atoms with Crippen molar-refractivity contribution in [3.63, 3.8) is 0 Å². The lowest BCUT2D eigenvalue weighted by Gasteiger charge is -2.24. The summed E-state index contributed by atoms with van der Waals surface area (Å²) in [5.41, 5.74) is 0.960. The molecule has 23 heavy (non-hydrogen) atoms. The van der Waals surface area contributed by atoms with Crippen molar-refractivity contribution in [1.29, 1.82) is 0 Å². The summed E-state index contributed by atoms with van der Waals surface area (Å²) < 4.78 is 41.7. The molecule has 126 valence electrons. The summed E-state index contributed by atoms with van der Waals surface area (Å²) in [6.07, 6.45) is -1.26. The van der Waals surface area contributed by atoms with Gasteiger partial charge in [-0.25, -0.2) is 0 Å². The predicted molar refractivity (Wildman–Crippen MR) is 78.5 cm³/mol. The quantitative estimate of drug-likeness (QED) is 0.893. The zero-order valence-corrected chi connectivity index (χ0v) is 12.6. The maximum absolute atomic E-state index is 12.5. The molecule has 3 rings (SSSR count). The number of hydrogen-bond donors (Lipinski definition) is 2. The van der Waals surface area contributed by atoms with Gasteiger partial charge < -0.3 is 15.4 Å². The lowest BCUT2D eigenvalue weighted by molar-refractivity contribution is -0.274. The van der Waals surface area contributed by atoms with Crippen LogP contribution in [0.4, 0.5) is 13.2 Å². The van der Waals surface area contributed by atoms with Crippen molar-refractivity contribution < 1.29 is 22.7 Å². The van der Waals surface area contributed by atoms with Crippen LogP contribution >= 0.6 is 0 Å². The van der Waals surface area contributed by atoms with E-state index in [1.165, 1.54) is 6.07 Å². The van der Waals surface area contributed by atoms with E-state index in [-0.39, 0.29) is 29.2 Å². The molecule has 1 saturated carbocycles. The van der Waals surface area contributed by atoms with E-state index in [1.54, 1.807) is 6.07 Å². The fourth-order valence-electron chi connectivity index (χ4n) is 2.83. The molecule has 0 unspecified atom stereocenters. The zero-order valence-electron chi connectivity index (χ0n) is 12.6. The second-order valence-corrected chi connectivity index (χ2v) is 6.11. The Morgan fingerprint density at radius 1 is 1.13 bits per heavy atom. The Hall–Kier alpha value is -1.76. The minimum atomic E-state index is -4.77. The number of halogens is 3. The molecule has 4 nitrogen and oxygen atoms in total. The Morgan fingerprint density at radius 3 is 2.43 bits per heavy atom. The van der Waals surface area contributed by atoms with Crippen molar-refractivity contribution in [3.8, 4) is 5.75 Å². The lowest BCUT2D eigenvalue weighted by atomic mass is 9.89. The largest absolute Gasteiger partial charge is 0.573 e. The highest BCUT2D eigenvalue weighted by atomic mass is 19.4. The van der Waals surface area contributed by atoms with Gasteiger partial charge in [-0.15, -0.1) is 13.2 Å². The van der Waals surface area contributed by atoms with Crippen molar-refractivity contribution >= 4 is 5.91 Å². The van der Waals surface area contributed by atoms with E-state index in [2.05, 4.69) is 15.4 Å². The molecule has 1 amide bonds. The third kappa shape index (κ3) is 4.60. The molecular formula is C16H19F3N2O2. The molecule has 0 radical (unpaired) electrons. The SMILES string of the molecule is O=C(NC1CC1)c1cc(OC(F)(F)F)cc(C2CCNCC2)c1. The van der Waals surface area contributed by atoms with E-state index in [0.717, 1.165) is 50.4 Å². The number of hydrogen-bond acceptors (Lipinski definition) is 3. The molecule has 2 N–H and O–H groups in total. The summed E-state index contributed by atoms with van der Waals surface area (Å²) in [6.45, 7) is 1.64. The highest BCUT2D eigenvalue weighted by molar-refractivity contribution is 5.95. The highest BCUT2D eigenvalue weighted by Gasteiger charge is 2.32. The van der Waals surface area contributed by atoms with Crippen LogP contribution in [-0.2, 0) is 0 Å². The van der Waals surface area contributed by atoms with Crippen LogP contribution in [0, 0.1) is 0 Å². The Morgan fingerprint density at radius 2 is 1.83 bits per heavy atom. The Labute approximate surface area is 132 Å². The third-order valence-electron chi connectivity index (χ3n) is 4.15. The van der Waals surface area contributed by atoms with Crippen LogP contribution in [0.3, 0.4) is 0 Å². The first-order valence-corrected chi connectivity index (χ1v) is 7.83. The van der Waals surface area contributed by atoms with E-state index in [4.69, 9.17) is 0 Å². The number of amides is 1. The van der Waals surface area contributed by atoms with Crippen LogP contribution in [0.2, 0.25) is 0 Å². The second-order valence-electron chi connectivity index (χ2n) is 6.11. The van der Waals surface area contributed by atoms with Crippen LogP contribution in [-0.4, -0.2) is 31.4 Å². The zero-order chi connectivity index (χ0) is 16.4. The number of benzene rings is 1. The van der Waals surface area contributed by atoms with Gasteiger partial charge in [-0.2, -0.15) is 0 Å². The third-order valence-corrected chi connectivity index (χ3v) is 4.15. The monoisotopic (exact) mass is 328 g/mol. The number of alkyl halides is 3. The molecule has 0 atom stereocenters. The van der Waals surface area contributed by atoms with Gasteiger partial charge in [-0.3, -0.25) is 4.79 Å². The molecule has 1 aliphatic carbocycles. The van der Waals surface area contributed by atoms with Crippen molar-refractivity contribution in [2.75, 3.05) is 13.1 Å². The van der Waals surface area contributed by atoms with E-state index in [0.29, 0.717) is 0 Å². The summed E-state index contributed by atoms with van der Waals surface area (Å²) in [7, 11) is 0. The molecule has 2 fully saturated rings. The highest BCUT2D eigenvalue weighted by Crippen LogP contribution is 2.32. The van der Waals surface area contributed by atoms with E-state index >= 15 is 0 Å². The van der Waals surface area contributed by atoms with Gasteiger partial charge in [0.15, 0.2) is 0 Å². The first-order chi connectivity index (χ1) is 10.9. The number of carbonyl (C=O) groups excluding carboxylic acids is 1. The molecular weight excluding hydrogens is 309 g/mol. The molecule has 1 saturated heterocycles. The van der Waals surface area contributed by atoms with Crippen LogP contribution in [0.15, 0.2) is 18.2 Å². The minimum Gasteiger partial charge on any atom is -0.406 e. The molecule has 0 spiro atoms. The van der Waals surface area contributed by atoms with Gasteiger partial charge in [0.25, 0.3) is 5.91 Å². The van der Waals surface area contributed by atoms with Crippen molar-refractivity contribution in [2.45, 2.75) is 44.0 Å². The smallest absolute Gasteiger partial charge is 0.406 e. The Bertz CT molecular complexity index is 579. The molecule has 0 bridgehead atoms. The maximum Gasteiger partial charge on any atom is 0.573 e. The van der Waals surface area contributed by atoms with E-state index in [9.17, 15) is 18.0 Å². The summed E-state index contributed by atoms with van der Waals surface area (Å²) in [5.74, 6) is -0.523. The molecule has 0 aromatic heterocycles. The van der Waals surface area contributed by atoms with Crippen molar-refractivity contribution in [1.82, 2.24) is 10.6 Å². The van der Waals surface area contributed by atoms with Crippen LogP contribution in [0.5, 0.6) is 5.75 Å². The topological polar surface area (TPSA) is 50.4 Å². The number of ether oxygens (including phenoxy) is 1. The van der Waals surface area contributed by atoms with Crippen molar-refractivity contribution in [2.24, 2.45) is 0 Å². The molecule has 1 aliphatic heterocycles. The van der Waals surface area contributed by atoms with Crippen LogP contribution in [0.25, 0.3) is 0 Å². The normalized spacial score (nSPS) is 19.4. The molecule has 1 heterocycles. The average molecular weight is 328 g/mol. The fourth-order valence-corrected chi connectivity index (χ4v) is 2.83. The number of carbonyl (C=O) groups is 1. The molecule has 1 aromatic rings.